The Hall–Kier alpha value is -0.870. The summed E-state index contributed by atoms with van der Waals surface area (Å²) in [4.78, 5) is 11.3. The number of halogens is 3. The molecule has 6 nitrogen and oxygen atoms in total. The zero-order valence-corrected chi connectivity index (χ0v) is 11.6. The monoisotopic (exact) mass is 318 g/mol. The number of rotatable bonds is 5. The molecule has 0 amide bonds. The van der Waals surface area contributed by atoms with Gasteiger partial charge in [0.05, 0.1) is 0 Å². The lowest BCUT2D eigenvalue weighted by Crippen LogP contribution is -2.59. The summed E-state index contributed by atoms with van der Waals surface area (Å²) in [6.45, 7) is 0.0296. The Morgan fingerprint density at radius 3 is 2.50 bits per heavy atom. The molecule has 10 heteroatoms. The molecule has 1 rings (SSSR count). The molecule has 0 spiro atoms. The lowest BCUT2D eigenvalue weighted by molar-refractivity contribution is -0.146. The number of nitrogens with one attached hydrogen (secondary N) is 2. The van der Waals surface area contributed by atoms with Crippen LogP contribution in [0.25, 0.3) is 0 Å². The number of hydrogen-bond donors (Lipinski definition) is 3. The van der Waals surface area contributed by atoms with Crippen LogP contribution in [-0.2, 0) is 15.0 Å². The summed E-state index contributed by atoms with van der Waals surface area (Å²) >= 11 is 0. The van der Waals surface area contributed by atoms with Gasteiger partial charge in [-0.05, 0) is 18.8 Å². The van der Waals surface area contributed by atoms with E-state index in [1.165, 1.54) is 4.72 Å². The van der Waals surface area contributed by atoms with E-state index in [1.807, 2.05) is 4.72 Å². The van der Waals surface area contributed by atoms with Crippen LogP contribution in [0.4, 0.5) is 13.2 Å². The number of carboxylic acids is 1. The summed E-state index contributed by atoms with van der Waals surface area (Å²) in [7, 11) is -4.54. The zero-order valence-electron chi connectivity index (χ0n) is 10.8. The lowest BCUT2D eigenvalue weighted by Gasteiger charge is -2.36. The molecule has 3 N–H and O–H groups in total. The van der Waals surface area contributed by atoms with Gasteiger partial charge in [-0.2, -0.15) is 31.0 Å². The first-order valence-electron chi connectivity index (χ1n) is 6.04. The maximum atomic E-state index is 12.0. The Kier molecular flexibility index (Phi) is 5.03. The summed E-state index contributed by atoms with van der Waals surface area (Å²) in [5.74, 6) is -1.40. The van der Waals surface area contributed by atoms with Crippen molar-refractivity contribution in [3.05, 3.63) is 0 Å². The largest absolute Gasteiger partial charge is 0.480 e. The van der Waals surface area contributed by atoms with Crippen molar-refractivity contribution in [3.8, 4) is 0 Å². The van der Waals surface area contributed by atoms with Gasteiger partial charge < -0.3 is 5.11 Å². The van der Waals surface area contributed by atoms with E-state index >= 15 is 0 Å². The topological polar surface area (TPSA) is 95.5 Å². The fraction of sp³-hybridized carbons (Fsp3) is 0.900. The van der Waals surface area contributed by atoms with Crippen molar-refractivity contribution in [1.29, 1.82) is 0 Å². The molecule has 0 radical (unpaired) electrons. The maximum absolute atomic E-state index is 12.0. The quantitative estimate of drug-likeness (QED) is 0.705. The molecule has 1 fully saturated rings. The SMILES string of the molecule is CC1CCCC(NS(=O)(=O)NCC(F)(F)F)(C(=O)O)C1. The van der Waals surface area contributed by atoms with Gasteiger partial charge in [0, 0.05) is 0 Å². The van der Waals surface area contributed by atoms with E-state index in [1.54, 1.807) is 6.92 Å². The number of hydrogen-bond acceptors (Lipinski definition) is 3. The van der Waals surface area contributed by atoms with Gasteiger partial charge in [-0.15, -0.1) is 0 Å². The molecule has 118 valence electrons. The minimum atomic E-state index is -4.70. The Morgan fingerprint density at radius 1 is 1.45 bits per heavy atom. The first-order valence-corrected chi connectivity index (χ1v) is 7.53. The minimum Gasteiger partial charge on any atom is -0.480 e. The fourth-order valence-electron chi connectivity index (χ4n) is 2.35. The summed E-state index contributed by atoms with van der Waals surface area (Å²) in [5.41, 5.74) is -1.74. The van der Waals surface area contributed by atoms with Crippen LogP contribution in [-0.4, -0.2) is 37.8 Å². The van der Waals surface area contributed by atoms with E-state index in [-0.39, 0.29) is 18.8 Å². The molecule has 1 aliphatic rings. The fourth-order valence-corrected chi connectivity index (χ4v) is 3.56. The highest BCUT2D eigenvalue weighted by Gasteiger charge is 2.45. The van der Waals surface area contributed by atoms with E-state index in [9.17, 15) is 31.5 Å². The third kappa shape index (κ3) is 4.91. The first-order chi connectivity index (χ1) is 8.96. The molecule has 20 heavy (non-hydrogen) atoms. The second-order valence-corrected chi connectivity index (χ2v) is 6.63. The van der Waals surface area contributed by atoms with Crippen LogP contribution in [0.15, 0.2) is 0 Å². The third-order valence-corrected chi connectivity index (χ3v) is 4.38. The molecular formula is C10H17F3N2O4S. The van der Waals surface area contributed by atoms with Crippen molar-refractivity contribution in [2.45, 2.75) is 44.3 Å². The second-order valence-electron chi connectivity index (χ2n) is 5.13. The molecule has 2 unspecified atom stereocenters. The standard InChI is InChI=1S/C10H17F3N2O4S/c1-7-3-2-4-9(5-7,8(16)17)15-20(18,19)14-6-10(11,12)13/h7,14-15H,2-6H2,1H3,(H,16,17). The number of carbonyl (C=O) groups is 1. The average Bonchev–Trinajstić information content (AvgIpc) is 2.25. The lowest BCUT2D eigenvalue weighted by atomic mass is 9.77. The summed E-state index contributed by atoms with van der Waals surface area (Å²) in [6.07, 6.45) is -3.35. The average molecular weight is 318 g/mol. The van der Waals surface area contributed by atoms with Gasteiger partial charge >= 0.3 is 12.1 Å². The molecule has 0 saturated heterocycles. The van der Waals surface area contributed by atoms with Crippen LogP contribution in [0.2, 0.25) is 0 Å². The second kappa shape index (κ2) is 5.86. The van der Waals surface area contributed by atoms with Crippen molar-refractivity contribution in [3.63, 3.8) is 0 Å². The molecular weight excluding hydrogens is 301 g/mol. The Labute approximate surface area is 114 Å². The van der Waals surface area contributed by atoms with Crippen LogP contribution in [0.5, 0.6) is 0 Å². The normalized spacial score (nSPS) is 28.3. The Bertz CT molecular complexity index is 466. The molecule has 0 aromatic carbocycles. The van der Waals surface area contributed by atoms with Gasteiger partial charge in [0.15, 0.2) is 0 Å². The van der Waals surface area contributed by atoms with Gasteiger partial charge in [-0.3, -0.25) is 4.79 Å². The van der Waals surface area contributed by atoms with Crippen LogP contribution in [0.1, 0.15) is 32.6 Å². The molecule has 1 aliphatic carbocycles. The predicted octanol–water partition coefficient (Wildman–Crippen LogP) is 1.01. The highest BCUT2D eigenvalue weighted by Crippen LogP contribution is 2.33. The predicted molar refractivity (Wildman–Crippen MR) is 64.1 cm³/mol. The van der Waals surface area contributed by atoms with Gasteiger partial charge in [0.1, 0.15) is 12.1 Å². The molecule has 0 bridgehead atoms. The molecule has 0 heterocycles. The summed E-state index contributed by atoms with van der Waals surface area (Å²) in [5, 5.41) is 9.22. The van der Waals surface area contributed by atoms with Crippen molar-refractivity contribution in [2.75, 3.05) is 6.54 Å². The first kappa shape index (κ1) is 17.2. The van der Waals surface area contributed by atoms with Gasteiger partial charge in [-0.1, -0.05) is 19.8 Å². The van der Waals surface area contributed by atoms with Crippen LogP contribution in [0, 0.1) is 5.92 Å². The van der Waals surface area contributed by atoms with E-state index in [0.717, 1.165) is 6.42 Å². The number of carboxylic acid groups (broad SMARTS) is 1. The Balaban J connectivity index is 2.82. The summed E-state index contributed by atoms with van der Waals surface area (Å²) in [6, 6.07) is 0. The molecule has 0 aliphatic heterocycles. The van der Waals surface area contributed by atoms with Crippen molar-refractivity contribution < 1.29 is 31.5 Å². The number of aliphatic carboxylic acids is 1. The smallest absolute Gasteiger partial charge is 0.402 e. The van der Waals surface area contributed by atoms with Gasteiger partial charge in [0.25, 0.3) is 10.2 Å². The van der Waals surface area contributed by atoms with Crippen LogP contribution < -0.4 is 9.44 Å². The van der Waals surface area contributed by atoms with Gasteiger partial charge in [0.2, 0.25) is 0 Å². The molecule has 0 aromatic rings. The maximum Gasteiger partial charge on any atom is 0.402 e. The molecule has 0 aromatic heterocycles. The van der Waals surface area contributed by atoms with E-state index in [2.05, 4.69) is 0 Å². The van der Waals surface area contributed by atoms with Crippen molar-refractivity contribution in [1.82, 2.24) is 9.44 Å². The van der Waals surface area contributed by atoms with E-state index < -0.39 is 34.4 Å². The van der Waals surface area contributed by atoms with Crippen molar-refractivity contribution in [2.24, 2.45) is 5.92 Å². The van der Waals surface area contributed by atoms with Crippen molar-refractivity contribution >= 4 is 16.2 Å². The summed E-state index contributed by atoms with van der Waals surface area (Å²) < 4.78 is 62.4. The molecule has 2 atom stereocenters. The van der Waals surface area contributed by atoms with Crippen LogP contribution in [0.3, 0.4) is 0 Å². The highest BCUT2D eigenvalue weighted by molar-refractivity contribution is 7.87. The van der Waals surface area contributed by atoms with Crippen LogP contribution >= 0.6 is 0 Å². The molecule has 1 saturated carbocycles. The van der Waals surface area contributed by atoms with Gasteiger partial charge in [-0.25, -0.2) is 0 Å². The minimum absolute atomic E-state index is 0.0230. The Morgan fingerprint density at radius 2 is 2.05 bits per heavy atom. The van der Waals surface area contributed by atoms with E-state index in [4.69, 9.17) is 0 Å². The highest BCUT2D eigenvalue weighted by atomic mass is 32.2. The number of alkyl halides is 3. The zero-order chi connectivity index (χ0) is 15.6. The van der Waals surface area contributed by atoms with E-state index in [0.29, 0.717) is 6.42 Å². The third-order valence-electron chi connectivity index (χ3n) is 3.20.